The van der Waals surface area contributed by atoms with Gasteiger partial charge in [0.2, 0.25) is 0 Å². The number of benzene rings is 1. The molecule has 1 aliphatic rings. The van der Waals surface area contributed by atoms with Gasteiger partial charge < -0.3 is 4.74 Å². The Hall–Kier alpha value is -1.59. The Labute approximate surface area is 176 Å². The van der Waals surface area contributed by atoms with Crippen molar-refractivity contribution in [3.05, 3.63) is 27.8 Å². The topological polar surface area (TPSA) is 112 Å². The first-order valence-corrected chi connectivity index (χ1v) is 11.8. The number of hydrogen-bond donors (Lipinski definition) is 3. The summed E-state index contributed by atoms with van der Waals surface area (Å²) < 4.78 is 12.7. The standard InChI is InChI=1S/C19H29IN3O5/c1-19(2,3)27-18(25)22-13-8-9-14(26-11-13)10-17(24)28-23-16-7-5-4-6-15(16)20-12-21/h4-7,13-14,23H,8-12,21H2,1-3H3,(H,22,25)/q-1/t13-,14+/m1/s1. The van der Waals surface area contributed by atoms with Crippen molar-refractivity contribution in [1.29, 1.82) is 0 Å². The summed E-state index contributed by atoms with van der Waals surface area (Å²) in [6.45, 7) is 5.79. The summed E-state index contributed by atoms with van der Waals surface area (Å²) in [6, 6.07) is 7.55. The Kier molecular flexibility index (Phi) is 8.77. The molecule has 1 fully saturated rings. The summed E-state index contributed by atoms with van der Waals surface area (Å²) in [5.41, 5.74) is 8.62. The molecule has 1 aromatic rings. The molecule has 0 spiro atoms. The van der Waals surface area contributed by atoms with E-state index in [0.717, 1.165) is 9.26 Å². The van der Waals surface area contributed by atoms with Crippen molar-refractivity contribution in [2.45, 2.75) is 57.8 Å². The first kappa shape index (κ1) is 22.7. The van der Waals surface area contributed by atoms with Crippen LogP contribution in [0, 0.1) is 3.57 Å². The summed E-state index contributed by atoms with van der Waals surface area (Å²) in [7, 11) is 0. The average Bonchev–Trinajstić information content (AvgIpc) is 2.61. The van der Waals surface area contributed by atoms with Crippen molar-refractivity contribution in [2.75, 3.05) is 16.6 Å². The van der Waals surface area contributed by atoms with Crippen molar-refractivity contribution in [3.8, 4) is 0 Å². The zero-order chi connectivity index (χ0) is 20.6. The van der Waals surface area contributed by atoms with E-state index in [1.165, 1.54) is 0 Å². The number of carbonyl (C=O) groups is 2. The van der Waals surface area contributed by atoms with Gasteiger partial charge in [-0.3, -0.25) is 0 Å². The number of ether oxygens (including phenoxy) is 2. The third kappa shape index (κ3) is 8.19. The zero-order valence-electron chi connectivity index (χ0n) is 16.5. The van der Waals surface area contributed by atoms with Crippen LogP contribution in [0.15, 0.2) is 24.3 Å². The van der Waals surface area contributed by atoms with Crippen molar-refractivity contribution >= 4 is 17.7 Å². The number of alkyl halides is 1. The minimum absolute atomic E-state index is 0.118. The first-order chi connectivity index (χ1) is 13.3. The molecule has 0 bridgehead atoms. The Bertz CT molecular complexity index is 657. The van der Waals surface area contributed by atoms with Crippen LogP contribution >= 0.6 is 0 Å². The number of nitrogens with two attached hydrogens (primary N) is 1. The number of hydrogen-bond acceptors (Lipinski definition) is 7. The third-order valence-corrected chi connectivity index (χ3v) is 6.06. The van der Waals surface area contributed by atoms with Gasteiger partial charge in [0.15, 0.2) is 0 Å². The molecule has 1 aliphatic heterocycles. The van der Waals surface area contributed by atoms with E-state index < -0.39 is 11.7 Å². The number of nitrogens with one attached hydrogen (secondary N) is 2. The molecule has 8 nitrogen and oxygen atoms in total. The van der Waals surface area contributed by atoms with Crippen LogP contribution in [-0.4, -0.2) is 41.0 Å². The molecule has 1 saturated heterocycles. The van der Waals surface area contributed by atoms with Gasteiger partial charge >= 0.3 is 140 Å². The third-order valence-electron chi connectivity index (χ3n) is 3.86. The van der Waals surface area contributed by atoms with E-state index in [4.69, 9.17) is 20.0 Å². The fourth-order valence-corrected chi connectivity index (χ4v) is 4.28. The number of anilines is 1. The predicted molar refractivity (Wildman–Crippen MR) is 101 cm³/mol. The Morgan fingerprint density at radius 1 is 1.29 bits per heavy atom. The van der Waals surface area contributed by atoms with E-state index in [-0.39, 0.29) is 45.7 Å². The van der Waals surface area contributed by atoms with Gasteiger partial charge in [0.05, 0.1) is 0 Å². The maximum atomic E-state index is 12.1. The number of amides is 1. The van der Waals surface area contributed by atoms with E-state index in [2.05, 4.69) is 10.8 Å². The SMILES string of the molecule is CC(C)(C)OC(=O)N[C@@H]1CC[C@@H](CC(=O)ONc2ccccc2[I-]CN)OC1. The van der Waals surface area contributed by atoms with Gasteiger partial charge in [-0.1, -0.05) is 0 Å². The Morgan fingerprint density at radius 3 is 2.68 bits per heavy atom. The van der Waals surface area contributed by atoms with Crippen molar-refractivity contribution in [1.82, 2.24) is 5.32 Å². The molecule has 1 aromatic carbocycles. The van der Waals surface area contributed by atoms with Gasteiger partial charge in [-0.25, -0.2) is 4.79 Å². The second-order valence-corrected chi connectivity index (χ2v) is 10.2. The van der Waals surface area contributed by atoms with Crippen LogP contribution in [0.3, 0.4) is 0 Å². The fourth-order valence-electron chi connectivity index (χ4n) is 2.64. The number of para-hydroxylation sites is 1. The predicted octanol–water partition coefficient (Wildman–Crippen LogP) is -0.806. The normalized spacial score (nSPS) is 19.7. The monoisotopic (exact) mass is 506 g/mol. The van der Waals surface area contributed by atoms with Crippen molar-refractivity contribution in [2.24, 2.45) is 5.73 Å². The molecule has 1 amide bonds. The van der Waals surface area contributed by atoms with Crippen LogP contribution < -0.4 is 37.7 Å². The van der Waals surface area contributed by atoms with Crippen molar-refractivity contribution in [3.63, 3.8) is 0 Å². The Balaban J connectivity index is 1.70. The van der Waals surface area contributed by atoms with E-state index >= 15 is 0 Å². The van der Waals surface area contributed by atoms with Gasteiger partial charge in [0.25, 0.3) is 0 Å². The quantitative estimate of drug-likeness (QED) is 0.192. The summed E-state index contributed by atoms with van der Waals surface area (Å²) in [4.78, 5) is 29.1. The van der Waals surface area contributed by atoms with Gasteiger partial charge in [-0.05, 0) is 20.8 Å². The molecule has 158 valence electrons. The van der Waals surface area contributed by atoms with Crippen LogP contribution in [-0.2, 0) is 19.1 Å². The molecule has 0 aliphatic carbocycles. The van der Waals surface area contributed by atoms with Crippen LogP contribution in [0.1, 0.15) is 40.0 Å². The molecular formula is C19H29IN3O5-. The summed E-state index contributed by atoms with van der Waals surface area (Å²) in [6.07, 6.45) is 0.847. The molecule has 9 heteroatoms. The molecule has 2 rings (SSSR count). The average molecular weight is 506 g/mol. The minimum atomic E-state index is -0.538. The number of rotatable bonds is 7. The Morgan fingerprint density at radius 2 is 2.04 bits per heavy atom. The molecule has 1 heterocycles. The van der Waals surface area contributed by atoms with E-state index in [9.17, 15) is 9.59 Å². The van der Waals surface area contributed by atoms with Gasteiger partial charge in [-0.15, -0.1) is 0 Å². The van der Waals surface area contributed by atoms with Gasteiger partial charge in [-0.2, -0.15) is 0 Å². The summed E-state index contributed by atoms with van der Waals surface area (Å²) in [5.74, 6) is -0.385. The second kappa shape index (κ2) is 10.8. The van der Waals surface area contributed by atoms with Crippen LogP contribution in [0.4, 0.5) is 10.5 Å². The van der Waals surface area contributed by atoms with E-state index in [0.29, 0.717) is 24.0 Å². The van der Waals surface area contributed by atoms with Crippen LogP contribution in [0.2, 0.25) is 0 Å². The van der Waals surface area contributed by atoms with Gasteiger partial charge in [0.1, 0.15) is 5.60 Å². The molecule has 4 N–H and O–H groups in total. The molecule has 28 heavy (non-hydrogen) atoms. The first-order valence-electron chi connectivity index (χ1n) is 9.22. The maximum absolute atomic E-state index is 12.1. The summed E-state index contributed by atoms with van der Waals surface area (Å²) in [5, 5.41) is 2.79. The molecule has 0 unspecified atom stereocenters. The second-order valence-electron chi connectivity index (χ2n) is 7.42. The van der Waals surface area contributed by atoms with Crippen molar-refractivity contribution < 1.29 is 45.1 Å². The van der Waals surface area contributed by atoms with Crippen LogP contribution in [0.25, 0.3) is 0 Å². The van der Waals surface area contributed by atoms with E-state index in [1.54, 1.807) is 0 Å². The van der Waals surface area contributed by atoms with Crippen LogP contribution in [0.5, 0.6) is 0 Å². The number of carbonyl (C=O) groups excluding carboxylic acids is 2. The summed E-state index contributed by atoms with van der Waals surface area (Å²) >= 11 is -0.309. The van der Waals surface area contributed by atoms with Gasteiger partial charge in [0, 0.05) is 0 Å². The number of alkyl carbamates (subject to hydrolysis) is 1. The number of halogens is 1. The molecule has 0 radical (unpaired) electrons. The molecule has 0 saturated carbocycles. The molecular weight excluding hydrogens is 477 g/mol. The molecule has 0 aromatic heterocycles. The fraction of sp³-hybridized carbons (Fsp3) is 0.579. The molecule has 2 atom stereocenters. The van der Waals surface area contributed by atoms with E-state index in [1.807, 2.05) is 45.0 Å². The zero-order valence-corrected chi connectivity index (χ0v) is 18.7.